The van der Waals surface area contributed by atoms with E-state index in [-0.39, 0.29) is 0 Å². The fourth-order valence-corrected chi connectivity index (χ4v) is 2.90. The molecule has 0 heterocycles. The van der Waals surface area contributed by atoms with E-state index in [1.807, 2.05) is 78.9 Å². The van der Waals surface area contributed by atoms with Crippen LogP contribution in [0.5, 0.6) is 0 Å². The number of halogens is 1. The van der Waals surface area contributed by atoms with E-state index in [1.54, 1.807) is 0 Å². The van der Waals surface area contributed by atoms with Crippen LogP contribution in [0.3, 0.4) is 0 Å². The van der Waals surface area contributed by atoms with Crippen molar-refractivity contribution in [1.82, 2.24) is 0 Å². The molecule has 1 unspecified atom stereocenters. The Morgan fingerprint density at radius 1 is 0.739 bits per heavy atom. The number of hydrogen-bond donors (Lipinski definition) is 1. The van der Waals surface area contributed by atoms with Crippen LogP contribution in [0.1, 0.15) is 17.0 Å². The minimum absolute atomic E-state index is 0.659. The number of hydrogen-bond acceptors (Lipinski definition) is 1. The van der Waals surface area contributed by atoms with E-state index in [9.17, 15) is 9.90 Å². The Bertz CT molecular complexity index is 793. The Kier molecular flexibility index (Phi) is 4.58. The molecule has 3 aromatic rings. The first kappa shape index (κ1) is 15.5. The van der Waals surface area contributed by atoms with Crippen LogP contribution < -0.4 is 0 Å². The lowest BCUT2D eigenvalue weighted by Crippen LogP contribution is -2.12. The van der Waals surface area contributed by atoms with Crippen molar-refractivity contribution >= 4 is 21.9 Å². The molecule has 0 aliphatic carbocycles. The summed E-state index contributed by atoms with van der Waals surface area (Å²) in [7, 11) is 0. The van der Waals surface area contributed by atoms with Crippen molar-refractivity contribution in [3.8, 4) is 11.1 Å². The highest BCUT2D eigenvalue weighted by Crippen LogP contribution is 2.28. The maximum absolute atomic E-state index is 11.7. The van der Waals surface area contributed by atoms with E-state index in [0.717, 1.165) is 26.7 Å². The van der Waals surface area contributed by atoms with Gasteiger partial charge in [-0.25, -0.2) is 0 Å². The molecule has 1 atom stereocenters. The monoisotopic (exact) mass is 366 g/mol. The second-order valence-electron chi connectivity index (χ2n) is 5.31. The highest BCUT2D eigenvalue weighted by molar-refractivity contribution is 9.10. The fourth-order valence-electron chi connectivity index (χ4n) is 2.63. The molecule has 0 amide bonds. The lowest BCUT2D eigenvalue weighted by molar-refractivity contribution is -0.137. The second kappa shape index (κ2) is 6.80. The predicted molar refractivity (Wildman–Crippen MR) is 95.5 cm³/mol. The molecule has 0 aromatic heterocycles. The summed E-state index contributed by atoms with van der Waals surface area (Å²) in [5.74, 6) is -1.51. The molecule has 3 rings (SSSR count). The summed E-state index contributed by atoms with van der Waals surface area (Å²) in [5.41, 5.74) is 3.75. The first-order valence-corrected chi connectivity index (χ1v) is 8.08. The first-order valence-electron chi connectivity index (χ1n) is 7.29. The van der Waals surface area contributed by atoms with Crippen LogP contribution in [0.4, 0.5) is 0 Å². The van der Waals surface area contributed by atoms with E-state index < -0.39 is 11.9 Å². The SMILES string of the molecule is O=C(O)C(c1ccc(Br)cc1)c1ccc(-c2ccccc2)cc1. The molecule has 0 fully saturated rings. The van der Waals surface area contributed by atoms with Crippen LogP contribution in [0.2, 0.25) is 0 Å². The van der Waals surface area contributed by atoms with Crippen LogP contribution >= 0.6 is 15.9 Å². The van der Waals surface area contributed by atoms with Gasteiger partial charge in [0.1, 0.15) is 5.92 Å². The van der Waals surface area contributed by atoms with Gasteiger partial charge in [0.2, 0.25) is 0 Å². The van der Waals surface area contributed by atoms with E-state index in [4.69, 9.17) is 0 Å². The molecule has 0 bridgehead atoms. The summed E-state index contributed by atoms with van der Waals surface area (Å²) in [6, 6.07) is 25.2. The van der Waals surface area contributed by atoms with E-state index in [0.29, 0.717) is 0 Å². The number of rotatable bonds is 4. The third-order valence-corrected chi connectivity index (χ3v) is 4.33. The summed E-state index contributed by atoms with van der Waals surface area (Å²) in [4.78, 5) is 11.7. The van der Waals surface area contributed by atoms with E-state index in [2.05, 4.69) is 15.9 Å². The smallest absolute Gasteiger partial charge is 0.315 e. The number of carboxylic acid groups (broad SMARTS) is 1. The summed E-state index contributed by atoms with van der Waals surface area (Å²) in [6.45, 7) is 0. The van der Waals surface area contributed by atoms with Crippen molar-refractivity contribution in [3.05, 3.63) is 94.5 Å². The van der Waals surface area contributed by atoms with Gasteiger partial charge in [0.25, 0.3) is 0 Å². The standard InChI is InChI=1S/C20H15BrO2/c21-18-12-10-17(11-13-18)19(20(22)23)16-8-6-15(7-9-16)14-4-2-1-3-5-14/h1-13,19H,(H,22,23). The predicted octanol–water partition coefficient (Wildman–Crippen LogP) is 5.33. The van der Waals surface area contributed by atoms with Crippen LogP contribution in [0.15, 0.2) is 83.3 Å². The van der Waals surface area contributed by atoms with Crippen molar-refractivity contribution in [2.45, 2.75) is 5.92 Å². The highest BCUT2D eigenvalue weighted by Gasteiger charge is 2.21. The molecule has 0 aliphatic rings. The van der Waals surface area contributed by atoms with Gasteiger partial charge in [0, 0.05) is 4.47 Å². The second-order valence-corrected chi connectivity index (χ2v) is 6.23. The average molecular weight is 367 g/mol. The molecule has 23 heavy (non-hydrogen) atoms. The Morgan fingerprint density at radius 3 is 1.74 bits per heavy atom. The fraction of sp³-hybridized carbons (Fsp3) is 0.0500. The van der Waals surface area contributed by atoms with Gasteiger partial charge < -0.3 is 5.11 Å². The molecule has 2 nitrogen and oxygen atoms in total. The van der Waals surface area contributed by atoms with Crippen molar-refractivity contribution in [2.24, 2.45) is 0 Å². The molecular weight excluding hydrogens is 352 g/mol. The largest absolute Gasteiger partial charge is 0.481 e. The van der Waals surface area contributed by atoms with Crippen LogP contribution in [0.25, 0.3) is 11.1 Å². The molecule has 3 heteroatoms. The summed E-state index contributed by atoms with van der Waals surface area (Å²) in [5, 5.41) is 9.62. The minimum atomic E-state index is -0.847. The molecule has 1 N–H and O–H groups in total. The summed E-state index contributed by atoms with van der Waals surface area (Å²) >= 11 is 3.38. The molecule has 114 valence electrons. The Labute approximate surface area is 143 Å². The van der Waals surface area contributed by atoms with Gasteiger partial charge in [-0.05, 0) is 34.4 Å². The number of aliphatic carboxylic acids is 1. The van der Waals surface area contributed by atoms with Gasteiger partial charge in [0.15, 0.2) is 0 Å². The maximum Gasteiger partial charge on any atom is 0.315 e. The van der Waals surface area contributed by atoms with Crippen molar-refractivity contribution < 1.29 is 9.90 Å². The normalized spacial score (nSPS) is 11.9. The van der Waals surface area contributed by atoms with Gasteiger partial charge >= 0.3 is 5.97 Å². The first-order chi connectivity index (χ1) is 11.1. The van der Waals surface area contributed by atoms with Crippen molar-refractivity contribution in [1.29, 1.82) is 0 Å². The molecule has 0 saturated heterocycles. The third kappa shape index (κ3) is 3.51. The lowest BCUT2D eigenvalue weighted by Gasteiger charge is -2.14. The van der Waals surface area contributed by atoms with Crippen molar-refractivity contribution in [2.75, 3.05) is 0 Å². The highest BCUT2D eigenvalue weighted by atomic mass is 79.9. The summed E-state index contributed by atoms with van der Waals surface area (Å²) in [6.07, 6.45) is 0. The maximum atomic E-state index is 11.7. The topological polar surface area (TPSA) is 37.3 Å². The zero-order valence-corrected chi connectivity index (χ0v) is 13.9. The van der Waals surface area contributed by atoms with Gasteiger partial charge in [-0.1, -0.05) is 82.7 Å². The number of benzene rings is 3. The Morgan fingerprint density at radius 2 is 1.22 bits per heavy atom. The van der Waals surface area contributed by atoms with Crippen LogP contribution in [0, 0.1) is 0 Å². The number of carboxylic acids is 1. The Hall–Kier alpha value is -2.39. The van der Waals surface area contributed by atoms with Crippen LogP contribution in [-0.4, -0.2) is 11.1 Å². The quantitative estimate of drug-likeness (QED) is 0.677. The molecule has 0 aliphatic heterocycles. The van der Waals surface area contributed by atoms with Crippen molar-refractivity contribution in [3.63, 3.8) is 0 Å². The Balaban J connectivity index is 1.95. The molecule has 0 saturated carbocycles. The molecule has 0 spiro atoms. The summed E-state index contributed by atoms with van der Waals surface area (Å²) < 4.78 is 0.935. The van der Waals surface area contributed by atoms with Gasteiger partial charge in [-0.2, -0.15) is 0 Å². The minimum Gasteiger partial charge on any atom is -0.481 e. The average Bonchev–Trinajstić information content (AvgIpc) is 2.58. The molecule has 0 radical (unpaired) electrons. The molecular formula is C20H15BrO2. The van der Waals surface area contributed by atoms with Gasteiger partial charge in [-0.15, -0.1) is 0 Å². The third-order valence-electron chi connectivity index (χ3n) is 3.80. The zero-order valence-electron chi connectivity index (χ0n) is 12.3. The van der Waals surface area contributed by atoms with Gasteiger partial charge in [0.05, 0.1) is 0 Å². The van der Waals surface area contributed by atoms with Gasteiger partial charge in [-0.3, -0.25) is 4.79 Å². The molecule has 3 aromatic carbocycles. The zero-order chi connectivity index (χ0) is 16.2. The van der Waals surface area contributed by atoms with Crippen LogP contribution in [-0.2, 0) is 4.79 Å². The van der Waals surface area contributed by atoms with E-state index in [1.165, 1.54) is 0 Å². The van der Waals surface area contributed by atoms with E-state index >= 15 is 0 Å². The lowest BCUT2D eigenvalue weighted by atomic mass is 9.90. The number of carbonyl (C=O) groups is 1.